The van der Waals surface area contributed by atoms with Crippen molar-refractivity contribution in [3.63, 3.8) is 0 Å². The third-order valence-electron chi connectivity index (χ3n) is 8.99. The lowest BCUT2D eigenvalue weighted by molar-refractivity contribution is 0.426. The predicted molar refractivity (Wildman–Crippen MR) is 205 cm³/mol. The number of rotatable bonds is 4. The Morgan fingerprint density at radius 3 is 1.83 bits per heavy atom. The van der Waals surface area contributed by atoms with E-state index in [9.17, 15) is 16.1 Å². The van der Waals surface area contributed by atoms with Crippen LogP contribution in [0.3, 0.4) is 0 Å². The summed E-state index contributed by atoms with van der Waals surface area (Å²) in [4.78, 5) is 1.88. The Hall–Kier alpha value is -3.45. The lowest BCUT2D eigenvalue weighted by atomic mass is 9.83. The van der Waals surface area contributed by atoms with Crippen LogP contribution in [-0.2, 0) is 5.41 Å². The quantitative estimate of drug-likeness (QED) is 0.331. The molecule has 2 aliphatic rings. The number of benzene rings is 2. The van der Waals surface area contributed by atoms with E-state index in [0.717, 1.165) is 47.2 Å². The van der Waals surface area contributed by atoms with E-state index in [0.29, 0.717) is 23.7 Å². The van der Waals surface area contributed by atoms with Gasteiger partial charge in [0.15, 0.2) is 0 Å². The van der Waals surface area contributed by atoms with E-state index in [1.54, 1.807) is 6.08 Å². The zero-order valence-electron chi connectivity index (χ0n) is 32.1. The van der Waals surface area contributed by atoms with Crippen molar-refractivity contribution < 1.29 is 0 Å². The summed E-state index contributed by atoms with van der Waals surface area (Å²) in [6.07, 6.45) is 7.46. The molecule has 0 amide bonds. The first-order chi connectivity index (χ1) is 22.0. The molecule has 0 spiro atoms. The second kappa shape index (κ2) is 19.9. The molecule has 2 atom stereocenters. The van der Waals surface area contributed by atoms with Gasteiger partial charge >= 0.3 is 0 Å². The van der Waals surface area contributed by atoms with Gasteiger partial charge in [-0.05, 0) is 83.6 Å². The van der Waals surface area contributed by atoms with E-state index in [4.69, 9.17) is 0 Å². The van der Waals surface area contributed by atoms with Gasteiger partial charge in [0.1, 0.15) is 11.7 Å². The summed E-state index contributed by atoms with van der Waals surface area (Å²) in [6.45, 7) is 31.3. The molecule has 1 unspecified atom stereocenters. The average molecular weight is 627 g/mol. The molecule has 4 rings (SSSR count). The molecule has 4 nitrogen and oxygen atoms in total. The van der Waals surface area contributed by atoms with Gasteiger partial charge in [-0.2, -0.15) is 5.26 Å². The Morgan fingerprint density at radius 2 is 1.35 bits per heavy atom. The second-order valence-electron chi connectivity index (χ2n) is 12.1. The standard InChI is InChI=1S/C34H42N4.4C2H6/c1-8-24(20-35)19-25-13-12-18-33(6)21-34(33,7)29-17-10-9-14-28(29)32(37)38(31(25)36)30-26(22(2)3)15-11-16-27(30)23(4)5;4*1-2/h8-11,14-17,19,22-23,36-37H,12-13,18,21H2,1-7H3;4*1-2H3/b24-8+,25-19+,36-31?,37-32?;;;;/t33-,34?;;;;/m1..../s1. The maximum absolute atomic E-state index is 9.75. The fourth-order valence-corrected chi connectivity index (χ4v) is 6.36. The maximum Gasteiger partial charge on any atom is 0.138 e. The first-order valence-corrected chi connectivity index (χ1v) is 18.0. The molecule has 1 aliphatic carbocycles. The van der Waals surface area contributed by atoms with Crippen LogP contribution in [0.5, 0.6) is 0 Å². The predicted octanol–water partition coefficient (Wildman–Crippen LogP) is 13.1. The summed E-state index contributed by atoms with van der Waals surface area (Å²) in [5.74, 6) is 1.07. The molecular formula is C42H66N4. The number of amidine groups is 2. The van der Waals surface area contributed by atoms with Crippen molar-refractivity contribution in [2.75, 3.05) is 4.90 Å². The van der Waals surface area contributed by atoms with Gasteiger partial charge in [-0.15, -0.1) is 0 Å². The fraction of sp³-hybridized carbons (Fsp3) is 0.548. The number of anilines is 1. The van der Waals surface area contributed by atoms with Gasteiger partial charge in [0, 0.05) is 11.1 Å². The number of hydrogen-bond acceptors (Lipinski definition) is 3. The van der Waals surface area contributed by atoms with Crippen LogP contribution in [0.15, 0.2) is 65.8 Å². The number of nitrogens with one attached hydrogen (secondary N) is 2. The summed E-state index contributed by atoms with van der Waals surface area (Å²) in [7, 11) is 0. The van der Waals surface area contributed by atoms with Crippen LogP contribution in [0.2, 0.25) is 0 Å². The third kappa shape index (κ3) is 9.09. The largest absolute Gasteiger partial charge is 0.284 e. The van der Waals surface area contributed by atoms with E-state index < -0.39 is 0 Å². The molecule has 0 saturated heterocycles. The smallest absolute Gasteiger partial charge is 0.138 e. The molecule has 0 bridgehead atoms. The molecule has 2 aromatic carbocycles. The normalized spacial score (nSPS) is 21.3. The van der Waals surface area contributed by atoms with Crippen LogP contribution < -0.4 is 4.90 Å². The highest BCUT2D eigenvalue weighted by molar-refractivity contribution is 6.28. The number of para-hydroxylation sites is 1. The van der Waals surface area contributed by atoms with Crippen molar-refractivity contribution in [1.82, 2.24) is 0 Å². The second-order valence-corrected chi connectivity index (χ2v) is 12.1. The zero-order valence-corrected chi connectivity index (χ0v) is 32.1. The number of hydrogen-bond donors (Lipinski definition) is 2. The Bertz CT molecular complexity index is 1340. The van der Waals surface area contributed by atoms with Crippen LogP contribution >= 0.6 is 0 Å². The van der Waals surface area contributed by atoms with Crippen molar-refractivity contribution in [3.05, 3.63) is 88.0 Å². The van der Waals surface area contributed by atoms with E-state index in [2.05, 4.69) is 84.0 Å². The molecule has 0 radical (unpaired) electrons. The molecule has 1 aliphatic heterocycles. The van der Waals surface area contributed by atoms with Crippen LogP contribution in [0, 0.1) is 27.6 Å². The Labute approximate surface area is 284 Å². The van der Waals surface area contributed by atoms with E-state index in [-0.39, 0.29) is 22.7 Å². The monoisotopic (exact) mass is 627 g/mol. The van der Waals surface area contributed by atoms with Crippen molar-refractivity contribution in [2.45, 2.75) is 147 Å². The third-order valence-corrected chi connectivity index (χ3v) is 8.99. The summed E-state index contributed by atoms with van der Waals surface area (Å²) in [5, 5.41) is 29.1. The minimum atomic E-state index is -0.00243. The number of nitrogens with zero attached hydrogens (tertiary/aromatic N) is 2. The summed E-state index contributed by atoms with van der Waals surface area (Å²) in [6, 6.07) is 17.0. The van der Waals surface area contributed by atoms with Crippen molar-refractivity contribution in [2.24, 2.45) is 5.41 Å². The molecule has 2 N–H and O–H groups in total. The lowest BCUT2D eigenvalue weighted by Gasteiger charge is -2.34. The first kappa shape index (κ1) is 42.6. The lowest BCUT2D eigenvalue weighted by Crippen LogP contribution is -2.40. The molecule has 2 aromatic rings. The maximum atomic E-state index is 9.75. The Kier molecular flexibility index (Phi) is 18.4. The topological polar surface area (TPSA) is 74.7 Å². The van der Waals surface area contributed by atoms with Crippen molar-refractivity contribution in [1.29, 1.82) is 16.1 Å². The summed E-state index contributed by atoms with van der Waals surface area (Å²) < 4.78 is 0. The highest BCUT2D eigenvalue weighted by atomic mass is 15.2. The molecule has 254 valence electrons. The molecule has 0 aromatic heterocycles. The van der Waals surface area contributed by atoms with Crippen LogP contribution in [-0.4, -0.2) is 11.7 Å². The Balaban J connectivity index is 0.00000235. The average Bonchev–Trinajstić information content (AvgIpc) is 3.66. The van der Waals surface area contributed by atoms with Crippen LogP contribution in [0.4, 0.5) is 5.69 Å². The van der Waals surface area contributed by atoms with E-state index in [1.807, 2.05) is 79.4 Å². The number of nitriles is 1. The SMILES string of the molecule is C/C=C(C#N)\C=C1/CCC[C@]2(C)CC2(C)c2ccccc2C(=N)N(c2c(C(C)C)cccc2C(C)C)C1=N.CC.CC.CC.CC. The van der Waals surface area contributed by atoms with E-state index in [1.165, 1.54) is 5.56 Å². The number of allylic oxidation sites excluding steroid dienone is 3. The Morgan fingerprint density at radius 1 is 0.826 bits per heavy atom. The fourth-order valence-electron chi connectivity index (χ4n) is 6.36. The molecule has 1 saturated carbocycles. The van der Waals surface area contributed by atoms with Crippen LogP contribution in [0.25, 0.3) is 0 Å². The van der Waals surface area contributed by atoms with Crippen LogP contribution in [0.1, 0.15) is 164 Å². The molecule has 46 heavy (non-hydrogen) atoms. The zero-order chi connectivity index (χ0) is 35.8. The van der Waals surface area contributed by atoms with Gasteiger partial charge in [-0.25, -0.2) is 0 Å². The highest BCUT2D eigenvalue weighted by Gasteiger charge is 2.61. The summed E-state index contributed by atoms with van der Waals surface area (Å²) >= 11 is 0. The number of fused-ring (bicyclic) bond motifs is 3. The molecular weight excluding hydrogens is 560 g/mol. The minimum Gasteiger partial charge on any atom is -0.284 e. The van der Waals surface area contributed by atoms with Gasteiger partial charge in [-0.3, -0.25) is 15.7 Å². The van der Waals surface area contributed by atoms with Gasteiger partial charge in [0.05, 0.1) is 11.8 Å². The van der Waals surface area contributed by atoms with Gasteiger partial charge in [-0.1, -0.05) is 145 Å². The van der Waals surface area contributed by atoms with E-state index >= 15 is 0 Å². The minimum absolute atomic E-state index is 0.00243. The van der Waals surface area contributed by atoms with Gasteiger partial charge < -0.3 is 0 Å². The molecule has 1 fully saturated rings. The highest BCUT2D eigenvalue weighted by Crippen LogP contribution is 2.67. The first-order valence-electron chi connectivity index (χ1n) is 18.0. The van der Waals surface area contributed by atoms with Gasteiger partial charge in [0.25, 0.3) is 0 Å². The van der Waals surface area contributed by atoms with Crippen molar-refractivity contribution >= 4 is 17.4 Å². The van der Waals surface area contributed by atoms with Gasteiger partial charge in [0.2, 0.25) is 0 Å². The van der Waals surface area contributed by atoms with Crippen molar-refractivity contribution in [3.8, 4) is 6.07 Å². The molecule has 4 heteroatoms. The summed E-state index contributed by atoms with van der Waals surface area (Å²) in [5.41, 5.74) is 6.81. The molecule has 1 heterocycles.